The predicted octanol–water partition coefficient (Wildman–Crippen LogP) is 13.7. The van der Waals surface area contributed by atoms with Crippen LogP contribution >= 0.6 is 0 Å². The average molecular weight is 633 g/mol. The number of furan rings is 1. The van der Waals surface area contributed by atoms with Gasteiger partial charge in [-0.2, -0.15) is 0 Å². The van der Waals surface area contributed by atoms with Gasteiger partial charge >= 0.3 is 0 Å². The van der Waals surface area contributed by atoms with E-state index in [2.05, 4.69) is 42.5 Å². The minimum atomic E-state index is -0.535. The summed E-state index contributed by atoms with van der Waals surface area (Å²) in [6.45, 7) is 0. The summed E-state index contributed by atoms with van der Waals surface area (Å²) in [5.74, 6) is 0. The second kappa shape index (κ2) is 11.1. The Labute approximate surface area is 298 Å². The SMILES string of the molecule is [2H]c1c([2H])c([2H])c(-c2cc(-c3c([2H])c([2H])c([2H])c([2H])c3[2H])cc(-c3c4ccccc4c(-c4cccc5oc6c7ccccc7ccc6c45)c4ccccc34)c2)c([2H])c1[2H]. The molecule has 9 aromatic carbocycles. The van der Waals surface area contributed by atoms with Gasteiger partial charge < -0.3 is 4.42 Å². The summed E-state index contributed by atoms with van der Waals surface area (Å²) in [6, 6.07) is 34.7. The quantitative estimate of drug-likeness (QED) is 0.176. The standard InChI is InChI=1S/C48H30O/c1-3-14-31(15-4-1)34-28-35(32-16-5-2-6-17-32)30-36(29-34)45-38-20-9-11-22-40(38)46(41-23-12-10-21-39(41)45)42-24-13-25-44-47(42)43-27-26-33-18-7-8-19-37(33)48(43)49-44/h1-30H/i1D,2D,3D,4D,5D,6D,14D,15D,16D,17D. The van der Waals surface area contributed by atoms with E-state index in [4.69, 9.17) is 18.1 Å². The smallest absolute Gasteiger partial charge is 0.143 e. The molecule has 1 nitrogen and oxygen atoms in total. The molecule has 0 aliphatic rings. The van der Waals surface area contributed by atoms with Crippen LogP contribution in [0.5, 0.6) is 0 Å². The highest BCUT2D eigenvalue weighted by Crippen LogP contribution is 2.48. The Kier molecular flexibility index (Phi) is 4.39. The van der Waals surface area contributed by atoms with Gasteiger partial charge in [-0.3, -0.25) is 0 Å². The molecule has 228 valence electrons. The third-order valence-electron chi connectivity index (χ3n) is 9.39. The maximum absolute atomic E-state index is 8.91. The minimum Gasteiger partial charge on any atom is -0.455 e. The van der Waals surface area contributed by atoms with E-state index in [1.165, 1.54) is 0 Å². The zero-order valence-electron chi connectivity index (χ0n) is 36.0. The number of rotatable bonds is 4. The zero-order chi connectivity index (χ0) is 41.0. The molecule has 0 fully saturated rings. The van der Waals surface area contributed by atoms with Crippen molar-refractivity contribution in [2.75, 3.05) is 0 Å². The minimum absolute atomic E-state index is 0.0669. The number of hydrogen-bond acceptors (Lipinski definition) is 1. The first-order valence-electron chi connectivity index (χ1n) is 21.0. The van der Waals surface area contributed by atoms with Crippen molar-refractivity contribution in [2.45, 2.75) is 0 Å². The second-order valence-corrected chi connectivity index (χ2v) is 12.1. The van der Waals surface area contributed by atoms with Crippen LogP contribution in [0.1, 0.15) is 13.7 Å². The van der Waals surface area contributed by atoms with Gasteiger partial charge in [-0.05, 0) is 102 Å². The number of fused-ring (bicyclic) bond motifs is 7. The molecule has 0 amide bonds. The average Bonchev–Trinajstić information content (AvgIpc) is 3.65. The summed E-state index contributed by atoms with van der Waals surface area (Å²) in [4.78, 5) is 0. The van der Waals surface area contributed by atoms with Crippen LogP contribution in [0.4, 0.5) is 0 Å². The molecule has 0 aliphatic carbocycles. The molecule has 0 spiro atoms. The van der Waals surface area contributed by atoms with Gasteiger partial charge in [0, 0.05) is 16.2 Å². The van der Waals surface area contributed by atoms with Gasteiger partial charge in [-0.25, -0.2) is 0 Å². The molecular weight excluding hydrogens is 593 g/mol. The number of hydrogen-bond donors (Lipinski definition) is 0. The monoisotopic (exact) mass is 632 g/mol. The van der Waals surface area contributed by atoms with Crippen molar-refractivity contribution in [2.24, 2.45) is 0 Å². The van der Waals surface area contributed by atoms with E-state index in [-0.39, 0.29) is 22.3 Å². The summed E-state index contributed by atoms with van der Waals surface area (Å²) in [6.07, 6.45) is 0. The van der Waals surface area contributed by atoms with E-state index in [1.54, 1.807) is 18.2 Å². The van der Waals surface area contributed by atoms with Crippen LogP contribution in [0.3, 0.4) is 0 Å². The molecule has 49 heavy (non-hydrogen) atoms. The van der Waals surface area contributed by atoms with Gasteiger partial charge in [0.1, 0.15) is 11.2 Å². The fourth-order valence-electron chi connectivity index (χ4n) is 7.34. The molecule has 1 heterocycles. The highest BCUT2D eigenvalue weighted by Gasteiger charge is 2.21. The highest BCUT2D eigenvalue weighted by atomic mass is 16.3. The van der Waals surface area contributed by atoms with E-state index >= 15 is 0 Å². The summed E-state index contributed by atoms with van der Waals surface area (Å²) < 4.78 is 92.7. The van der Waals surface area contributed by atoms with Crippen molar-refractivity contribution >= 4 is 54.3 Å². The van der Waals surface area contributed by atoms with E-state index < -0.39 is 60.4 Å². The lowest BCUT2D eigenvalue weighted by Crippen LogP contribution is -1.92. The fourth-order valence-corrected chi connectivity index (χ4v) is 7.34. The lowest BCUT2D eigenvalue weighted by atomic mass is 9.83. The Morgan fingerprint density at radius 1 is 0.388 bits per heavy atom. The van der Waals surface area contributed by atoms with Gasteiger partial charge in [0.2, 0.25) is 0 Å². The first-order valence-corrected chi connectivity index (χ1v) is 16.0. The maximum Gasteiger partial charge on any atom is 0.143 e. The van der Waals surface area contributed by atoms with Crippen molar-refractivity contribution in [3.63, 3.8) is 0 Å². The zero-order valence-corrected chi connectivity index (χ0v) is 26.0. The first kappa shape index (κ1) is 19.4. The van der Waals surface area contributed by atoms with Crippen LogP contribution in [0.2, 0.25) is 0 Å². The van der Waals surface area contributed by atoms with Crippen molar-refractivity contribution < 1.29 is 18.1 Å². The third-order valence-corrected chi connectivity index (χ3v) is 9.39. The lowest BCUT2D eigenvalue weighted by molar-refractivity contribution is 0.673. The molecule has 1 heteroatoms. The Hall–Kier alpha value is -6.44. The van der Waals surface area contributed by atoms with Crippen molar-refractivity contribution in [1.82, 2.24) is 0 Å². The van der Waals surface area contributed by atoms with Crippen LogP contribution in [0, 0.1) is 0 Å². The third kappa shape index (κ3) is 4.40. The first-order chi connectivity index (χ1) is 28.5. The fraction of sp³-hybridized carbons (Fsp3) is 0. The Bertz CT molecular complexity index is 3260. The summed E-state index contributed by atoms with van der Waals surface area (Å²) in [5.41, 5.74) is 5.18. The van der Waals surface area contributed by atoms with Crippen LogP contribution in [0.15, 0.2) is 186 Å². The Morgan fingerprint density at radius 3 is 1.53 bits per heavy atom. The molecule has 0 radical (unpaired) electrons. The van der Waals surface area contributed by atoms with E-state index in [0.717, 1.165) is 70.9 Å². The maximum atomic E-state index is 8.91. The molecule has 0 bridgehead atoms. The van der Waals surface area contributed by atoms with E-state index in [0.29, 0.717) is 5.56 Å². The Balaban J connectivity index is 1.34. The molecule has 10 rings (SSSR count). The highest BCUT2D eigenvalue weighted by molar-refractivity contribution is 6.27. The molecule has 10 aromatic rings. The summed E-state index contributed by atoms with van der Waals surface area (Å²) >= 11 is 0. The van der Waals surface area contributed by atoms with Gasteiger partial charge in [0.05, 0.1) is 13.7 Å². The summed E-state index contributed by atoms with van der Waals surface area (Å²) in [7, 11) is 0. The lowest BCUT2D eigenvalue weighted by Gasteiger charge is -2.19. The summed E-state index contributed by atoms with van der Waals surface area (Å²) in [5, 5.41) is 7.59. The van der Waals surface area contributed by atoms with Crippen LogP contribution in [-0.2, 0) is 0 Å². The topological polar surface area (TPSA) is 13.1 Å². The van der Waals surface area contributed by atoms with Gasteiger partial charge in [0.25, 0.3) is 0 Å². The predicted molar refractivity (Wildman–Crippen MR) is 208 cm³/mol. The van der Waals surface area contributed by atoms with E-state index in [1.807, 2.05) is 60.7 Å². The number of benzene rings is 9. The molecule has 0 unspecified atom stereocenters. The van der Waals surface area contributed by atoms with Crippen molar-refractivity contribution in [3.05, 3.63) is 182 Å². The van der Waals surface area contributed by atoms with Gasteiger partial charge in [-0.1, -0.05) is 151 Å². The molecule has 0 N–H and O–H groups in total. The molecule has 0 aliphatic heterocycles. The second-order valence-electron chi connectivity index (χ2n) is 12.1. The Morgan fingerprint density at radius 2 is 0.918 bits per heavy atom. The van der Waals surface area contributed by atoms with Gasteiger partial charge in [0.15, 0.2) is 0 Å². The largest absolute Gasteiger partial charge is 0.455 e. The van der Waals surface area contributed by atoms with Crippen molar-refractivity contribution in [1.29, 1.82) is 0 Å². The van der Waals surface area contributed by atoms with Crippen LogP contribution in [0.25, 0.3) is 98.8 Å². The molecule has 1 aromatic heterocycles. The van der Waals surface area contributed by atoms with E-state index in [9.17, 15) is 0 Å². The van der Waals surface area contributed by atoms with Crippen LogP contribution in [-0.4, -0.2) is 0 Å². The normalized spacial score (nSPS) is 14.5. The molecule has 0 atom stereocenters. The molecule has 0 saturated heterocycles. The van der Waals surface area contributed by atoms with Gasteiger partial charge in [-0.15, -0.1) is 0 Å². The molecule has 0 saturated carbocycles. The molecular formula is C48H30O. The van der Waals surface area contributed by atoms with Crippen LogP contribution < -0.4 is 0 Å². The van der Waals surface area contributed by atoms with Crippen molar-refractivity contribution in [3.8, 4) is 44.5 Å².